The topological polar surface area (TPSA) is 27.7 Å². The van der Waals surface area contributed by atoms with E-state index in [0.717, 1.165) is 19.4 Å². The maximum absolute atomic E-state index is 6.43. The zero-order chi connectivity index (χ0) is 19.6. The normalized spacial score (nSPS) is 30.1. The summed E-state index contributed by atoms with van der Waals surface area (Å²) >= 11 is 0. The van der Waals surface area contributed by atoms with Crippen molar-refractivity contribution in [2.45, 2.75) is 111 Å². The molecule has 1 aliphatic rings. The number of hydrogen-bond donors (Lipinski definition) is 0. The fourth-order valence-corrected chi connectivity index (χ4v) is 4.77. The van der Waals surface area contributed by atoms with Gasteiger partial charge in [0.15, 0.2) is 14.1 Å². The molecule has 1 heterocycles. The van der Waals surface area contributed by atoms with Crippen LogP contribution < -0.4 is 0 Å². The predicted molar refractivity (Wildman–Crippen MR) is 109 cm³/mol. The molecule has 1 saturated heterocycles. The van der Waals surface area contributed by atoms with Crippen LogP contribution in [0.2, 0.25) is 18.1 Å². The van der Waals surface area contributed by atoms with Crippen LogP contribution in [0.3, 0.4) is 0 Å². The monoisotopic (exact) mass is 372 g/mol. The first kappa shape index (κ1) is 23.1. The SMILES string of the molecule is CC[C@@H]1OC(C)(C)O[C@@H]([C@H](C)C[C@@H](C)CO[Si](C)(C)C(C)(C)C)[C@@H]1C. The molecule has 0 aromatic carbocycles. The van der Waals surface area contributed by atoms with Gasteiger partial charge in [-0.3, -0.25) is 0 Å². The number of hydrogen-bond acceptors (Lipinski definition) is 3. The molecular weight excluding hydrogens is 328 g/mol. The Morgan fingerprint density at radius 2 is 1.68 bits per heavy atom. The highest BCUT2D eigenvalue weighted by molar-refractivity contribution is 6.74. The zero-order valence-electron chi connectivity index (χ0n) is 18.7. The van der Waals surface area contributed by atoms with Gasteiger partial charge in [0, 0.05) is 12.5 Å². The smallest absolute Gasteiger partial charge is 0.191 e. The Morgan fingerprint density at radius 3 is 2.16 bits per heavy atom. The summed E-state index contributed by atoms with van der Waals surface area (Å²) in [6.07, 6.45) is 2.72. The lowest BCUT2D eigenvalue weighted by atomic mass is 9.82. The summed E-state index contributed by atoms with van der Waals surface area (Å²) in [5.74, 6) is 1.00. The molecule has 0 radical (unpaired) electrons. The fourth-order valence-electron chi connectivity index (χ4n) is 3.64. The summed E-state index contributed by atoms with van der Waals surface area (Å²) in [5.41, 5.74) is 0. The van der Waals surface area contributed by atoms with Crippen molar-refractivity contribution in [1.29, 1.82) is 0 Å². The molecule has 5 atom stereocenters. The first-order valence-electron chi connectivity index (χ1n) is 10.2. The molecule has 0 saturated carbocycles. The highest BCUT2D eigenvalue weighted by Gasteiger charge is 2.42. The molecule has 150 valence electrons. The summed E-state index contributed by atoms with van der Waals surface area (Å²) < 4.78 is 18.9. The maximum Gasteiger partial charge on any atom is 0.191 e. The molecule has 1 rings (SSSR count). The van der Waals surface area contributed by atoms with Gasteiger partial charge >= 0.3 is 0 Å². The van der Waals surface area contributed by atoms with Crippen LogP contribution in [0.4, 0.5) is 0 Å². The largest absolute Gasteiger partial charge is 0.417 e. The standard InChI is InChI=1S/C21H44O3Si/c1-12-18-17(4)19(24-21(8,9)23-18)16(3)13-15(2)14-22-25(10,11)20(5,6)7/h15-19H,12-14H2,1-11H3/t15-,16-,17-,18+,19+/m1/s1. The van der Waals surface area contributed by atoms with Gasteiger partial charge in [0.25, 0.3) is 0 Å². The lowest BCUT2D eigenvalue weighted by Gasteiger charge is -2.47. The Kier molecular flexibility index (Phi) is 7.78. The van der Waals surface area contributed by atoms with Crippen LogP contribution in [0.5, 0.6) is 0 Å². The molecule has 25 heavy (non-hydrogen) atoms. The maximum atomic E-state index is 6.43. The summed E-state index contributed by atoms with van der Waals surface area (Å²) in [4.78, 5) is 0. The minimum atomic E-state index is -1.66. The Labute approximate surface area is 158 Å². The molecule has 3 nitrogen and oxygen atoms in total. The summed E-state index contributed by atoms with van der Waals surface area (Å²) in [6, 6.07) is 0. The third kappa shape index (κ3) is 6.33. The lowest BCUT2D eigenvalue weighted by Crippen LogP contribution is -2.52. The third-order valence-corrected chi connectivity index (χ3v) is 10.7. The van der Waals surface area contributed by atoms with E-state index in [-0.39, 0.29) is 17.2 Å². The predicted octanol–water partition coefficient (Wildman–Crippen LogP) is 6.24. The second kappa shape index (κ2) is 8.41. The van der Waals surface area contributed by atoms with E-state index >= 15 is 0 Å². The quantitative estimate of drug-likeness (QED) is 0.495. The molecular formula is C21H44O3Si. The number of rotatable bonds is 7. The van der Waals surface area contributed by atoms with Gasteiger partial charge in [-0.05, 0) is 56.7 Å². The van der Waals surface area contributed by atoms with E-state index in [4.69, 9.17) is 13.9 Å². The molecule has 0 aliphatic carbocycles. The molecule has 0 aromatic rings. The van der Waals surface area contributed by atoms with Crippen molar-refractivity contribution in [3.05, 3.63) is 0 Å². The Bertz CT molecular complexity index is 414. The van der Waals surface area contributed by atoms with E-state index < -0.39 is 14.1 Å². The molecule has 0 amide bonds. The van der Waals surface area contributed by atoms with Crippen molar-refractivity contribution in [2.75, 3.05) is 6.61 Å². The molecule has 0 spiro atoms. The van der Waals surface area contributed by atoms with Crippen LogP contribution >= 0.6 is 0 Å². The van der Waals surface area contributed by atoms with E-state index in [2.05, 4.69) is 61.6 Å². The van der Waals surface area contributed by atoms with Gasteiger partial charge in [-0.2, -0.15) is 0 Å². The summed E-state index contributed by atoms with van der Waals surface area (Å²) in [5, 5.41) is 0.273. The van der Waals surface area contributed by atoms with Gasteiger partial charge in [-0.1, -0.05) is 48.5 Å². The van der Waals surface area contributed by atoms with Gasteiger partial charge in [-0.15, -0.1) is 0 Å². The van der Waals surface area contributed by atoms with Crippen molar-refractivity contribution in [3.63, 3.8) is 0 Å². The lowest BCUT2D eigenvalue weighted by molar-refractivity contribution is -0.327. The van der Waals surface area contributed by atoms with E-state index in [9.17, 15) is 0 Å². The van der Waals surface area contributed by atoms with E-state index in [1.54, 1.807) is 0 Å². The van der Waals surface area contributed by atoms with Gasteiger partial charge in [0.2, 0.25) is 0 Å². The molecule has 0 bridgehead atoms. The van der Waals surface area contributed by atoms with Crippen LogP contribution in [0.25, 0.3) is 0 Å². The number of ether oxygens (including phenoxy) is 2. The zero-order valence-corrected chi connectivity index (χ0v) is 19.7. The van der Waals surface area contributed by atoms with Crippen LogP contribution in [0.15, 0.2) is 0 Å². The van der Waals surface area contributed by atoms with Crippen molar-refractivity contribution < 1.29 is 13.9 Å². The molecule has 1 fully saturated rings. The van der Waals surface area contributed by atoms with E-state index in [1.165, 1.54) is 0 Å². The summed E-state index contributed by atoms with van der Waals surface area (Å²) in [7, 11) is -1.66. The Hall–Kier alpha value is 0.0969. The van der Waals surface area contributed by atoms with Crippen LogP contribution in [-0.4, -0.2) is 32.9 Å². The van der Waals surface area contributed by atoms with Crippen LogP contribution in [-0.2, 0) is 13.9 Å². The van der Waals surface area contributed by atoms with Gasteiger partial charge in [0.1, 0.15) is 0 Å². The molecule has 1 aliphatic heterocycles. The van der Waals surface area contributed by atoms with Crippen molar-refractivity contribution in [2.24, 2.45) is 17.8 Å². The first-order valence-corrected chi connectivity index (χ1v) is 13.1. The molecule has 0 unspecified atom stereocenters. The van der Waals surface area contributed by atoms with Gasteiger partial charge < -0.3 is 13.9 Å². The fraction of sp³-hybridized carbons (Fsp3) is 1.00. The van der Waals surface area contributed by atoms with Crippen molar-refractivity contribution >= 4 is 8.32 Å². The first-order chi connectivity index (χ1) is 11.2. The molecule has 0 aromatic heterocycles. The van der Waals surface area contributed by atoms with E-state index in [0.29, 0.717) is 17.8 Å². The van der Waals surface area contributed by atoms with Crippen molar-refractivity contribution in [1.82, 2.24) is 0 Å². The minimum absolute atomic E-state index is 0.254. The average Bonchev–Trinajstić information content (AvgIpc) is 2.45. The summed E-state index contributed by atoms with van der Waals surface area (Å²) in [6.45, 7) is 25.7. The Balaban J connectivity index is 2.63. The third-order valence-electron chi connectivity index (χ3n) is 6.23. The Morgan fingerprint density at radius 1 is 1.12 bits per heavy atom. The highest BCUT2D eigenvalue weighted by atomic mass is 28.4. The van der Waals surface area contributed by atoms with Crippen LogP contribution in [0.1, 0.15) is 75.2 Å². The van der Waals surface area contributed by atoms with Crippen LogP contribution in [0, 0.1) is 17.8 Å². The second-order valence-corrected chi connectivity index (χ2v) is 15.1. The minimum Gasteiger partial charge on any atom is -0.417 e. The van der Waals surface area contributed by atoms with E-state index in [1.807, 2.05) is 13.8 Å². The molecule has 4 heteroatoms. The molecule has 0 N–H and O–H groups in total. The second-order valence-electron chi connectivity index (χ2n) is 10.3. The van der Waals surface area contributed by atoms with Gasteiger partial charge in [-0.25, -0.2) is 0 Å². The average molecular weight is 373 g/mol. The van der Waals surface area contributed by atoms with Gasteiger partial charge in [0.05, 0.1) is 12.2 Å². The van der Waals surface area contributed by atoms with Crippen molar-refractivity contribution in [3.8, 4) is 0 Å². The highest BCUT2D eigenvalue weighted by Crippen LogP contribution is 2.39.